The van der Waals surface area contributed by atoms with Crippen LogP contribution in [0.4, 0.5) is 0 Å². The SMILES string of the molecule is O=C(CN1C[C@H](c2ccccc2)CC1=O)N/N=C\c1cccs1. The van der Waals surface area contributed by atoms with E-state index in [9.17, 15) is 9.59 Å². The first-order chi connectivity index (χ1) is 11.2. The summed E-state index contributed by atoms with van der Waals surface area (Å²) in [6.07, 6.45) is 2.05. The Morgan fingerprint density at radius 2 is 2.13 bits per heavy atom. The Morgan fingerprint density at radius 3 is 2.87 bits per heavy atom. The van der Waals surface area contributed by atoms with E-state index in [1.54, 1.807) is 22.5 Å². The van der Waals surface area contributed by atoms with Crippen LogP contribution in [0.2, 0.25) is 0 Å². The molecule has 1 N–H and O–H groups in total. The van der Waals surface area contributed by atoms with Crippen LogP contribution in [0.5, 0.6) is 0 Å². The first-order valence-corrected chi connectivity index (χ1v) is 8.28. The number of benzene rings is 1. The van der Waals surface area contributed by atoms with Crippen molar-refractivity contribution in [3.05, 3.63) is 58.3 Å². The molecule has 2 heterocycles. The van der Waals surface area contributed by atoms with Gasteiger partial charge in [-0.15, -0.1) is 11.3 Å². The van der Waals surface area contributed by atoms with Crippen LogP contribution in [-0.2, 0) is 9.59 Å². The van der Waals surface area contributed by atoms with Crippen molar-refractivity contribution in [1.29, 1.82) is 0 Å². The summed E-state index contributed by atoms with van der Waals surface area (Å²) < 4.78 is 0. The minimum atomic E-state index is -0.278. The summed E-state index contributed by atoms with van der Waals surface area (Å²) in [7, 11) is 0. The maximum absolute atomic E-state index is 12.1. The van der Waals surface area contributed by atoms with Gasteiger partial charge in [0.05, 0.1) is 6.21 Å². The first kappa shape index (κ1) is 15.4. The van der Waals surface area contributed by atoms with Crippen molar-refractivity contribution in [3.8, 4) is 0 Å². The zero-order chi connectivity index (χ0) is 16.1. The lowest BCUT2D eigenvalue weighted by Gasteiger charge is -2.15. The topological polar surface area (TPSA) is 61.8 Å². The van der Waals surface area contributed by atoms with E-state index in [4.69, 9.17) is 0 Å². The molecule has 1 aliphatic heterocycles. The second kappa shape index (κ2) is 7.19. The minimum Gasteiger partial charge on any atom is -0.333 e. The minimum absolute atomic E-state index is 0.0104. The number of hydrogen-bond donors (Lipinski definition) is 1. The van der Waals surface area contributed by atoms with E-state index in [1.165, 1.54) is 0 Å². The van der Waals surface area contributed by atoms with Gasteiger partial charge in [0.1, 0.15) is 6.54 Å². The lowest BCUT2D eigenvalue weighted by molar-refractivity contribution is -0.133. The number of amides is 2. The number of hydrogen-bond acceptors (Lipinski definition) is 4. The molecule has 0 aliphatic carbocycles. The van der Waals surface area contributed by atoms with Crippen LogP contribution < -0.4 is 5.43 Å². The normalized spacial score (nSPS) is 17.8. The molecule has 0 spiro atoms. The van der Waals surface area contributed by atoms with Crippen molar-refractivity contribution in [2.24, 2.45) is 5.10 Å². The molecule has 3 rings (SSSR count). The van der Waals surface area contributed by atoms with Gasteiger partial charge in [-0.05, 0) is 17.0 Å². The zero-order valence-electron chi connectivity index (χ0n) is 12.5. The van der Waals surface area contributed by atoms with E-state index in [0.717, 1.165) is 10.4 Å². The molecule has 6 heteroatoms. The molecule has 23 heavy (non-hydrogen) atoms. The first-order valence-electron chi connectivity index (χ1n) is 7.40. The quantitative estimate of drug-likeness (QED) is 0.676. The van der Waals surface area contributed by atoms with Crippen LogP contribution in [0.15, 0.2) is 52.9 Å². The maximum atomic E-state index is 12.1. The number of carbonyl (C=O) groups is 2. The molecule has 1 aliphatic rings. The third kappa shape index (κ3) is 4.04. The smallest absolute Gasteiger partial charge is 0.259 e. The predicted molar refractivity (Wildman–Crippen MR) is 90.4 cm³/mol. The molecule has 1 aromatic carbocycles. The van der Waals surface area contributed by atoms with Gasteiger partial charge in [0.2, 0.25) is 5.91 Å². The second-order valence-electron chi connectivity index (χ2n) is 5.39. The van der Waals surface area contributed by atoms with Crippen molar-refractivity contribution in [2.45, 2.75) is 12.3 Å². The summed E-state index contributed by atoms with van der Waals surface area (Å²) in [5, 5.41) is 5.85. The van der Waals surface area contributed by atoms with Gasteiger partial charge in [0, 0.05) is 23.8 Å². The average molecular weight is 327 g/mol. The van der Waals surface area contributed by atoms with Crippen LogP contribution in [-0.4, -0.2) is 36.0 Å². The standard InChI is InChI=1S/C17H17N3O2S/c21-16(19-18-10-15-7-4-8-23-15)12-20-11-14(9-17(20)22)13-5-2-1-3-6-13/h1-8,10,14H,9,11-12H2,(H,19,21)/b18-10-/t14-/m1/s1. The molecule has 0 radical (unpaired) electrons. The number of carbonyl (C=O) groups excluding carboxylic acids is 2. The highest BCUT2D eigenvalue weighted by atomic mass is 32.1. The second-order valence-corrected chi connectivity index (χ2v) is 6.37. The molecule has 2 aromatic rings. The summed E-state index contributed by atoms with van der Waals surface area (Å²) >= 11 is 1.54. The van der Waals surface area contributed by atoms with Crippen molar-refractivity contribution in [1.82, 2.24) is 10.3 Å². The Morgan fingerprint density at radius 1 is 1.30 bits per heavy atom. The van der Waals surface area contributed by atoms with Crippen LogP contribution in [0, 0.1) is 0 Å². The van der Waals surface area contributed by atoms with Gasteiger partial charge in [-0.25, -0.2) is 5.43 Å². The van der Waals surface area contributed by atoms with Crippen LogP contribution in [0.3, 0.4) is 0 Å². The molecular weight excluding hydrogens is 310 g/mol. The number of rotatable bonds is 5. The van der Waals surface area contributed by atoms with E-state index >= 15 is 0 Å². The Hall–Kier alpha value is -2.47. The van der Waals surface area contributed by atoms with Gasteiger partial charge in [0.25, 0.3) is 5.91 Å². The van der Waals surface area contributed by atoms with E-state index in [2.05, 4.69) is 10.5 Å². The monoisotopic (exact) mass is 327 g/mol. The van der Waals surface area contributed by atoms with Crippen LogP contribution in [0.1, 0.15) is 22.8 Å². The fraction of sp³-hybridized carbons (Fsp3) is 0.235. The van der Waals surface area contributed by atoms with Crippen molar-refractivity contribution in [3.63, 3.8) is 0 Å². The lowest BCUT2D eigenvalue weighted by atomic mass is 9.99. The molecular formula is C17H17N3O2S. The van der Waals surface area contributed by atoms with Crippen molar-refractivity contribution in [2.75, 3.05) is 13.1 Å². The summed E-state index contributed by atoms with van der Waals surface area (Å²) in [5.41, 5.74) is 3.60. The van der Waals surface area contributed by atoms with Gasteiger partial charge in [-0.2, -0.15) is 5.10 Å². The fourth-order valence-corrected chi connectivity index (χ4v) is 3.20. The number of likely N-dealkylation sites (tertiary alicyclic amines) is 1. The Kier molecular flexibility index (Phi) is 4.83. The summed E-state index contributed by atoms with van der Waals surface area (Å²) in [6, 6.07) is 13.8. The Bertz CT molecular complexity index is 698. The lowest BCUT2D eigenvalue weighted by Crippen LogP contribution is -2.36. The maximum Gasteiger partial charge on any atom is 0.259 e. The van der Waals surface area contributed by atoms with Gasteiger partial charge < -0.3 is 4.90 Å². The predicted octanol–water partition coefficient (Wildman–Crippen LogP) is 2.21. The number of nitrogens with zero attached hydrogens (tertiary/aromatic N) is 2. The number of nitrogens with one attached hydrogen (secondary N) is 1. The van der Waals surface area contributed by atoms with E-state index in [-0.39, 0.29) is 24.3 Å². The van der Waals surface area contributed by atoms with Crippen LogP contribution >= 0.6 is 11.3 Å². The van der Waals surface area contributed by atoms with Gasteiger partial charge >= 0.3 is 0 Å². The van der Waals surface area contributed by atoms with E-state index < -0.39 is 0 Å². The molecule has 0 bridgehead atoms. The van der Waals surface area contributed by atoms with Crippen molar-refractivity contribution >= 4 is 29.4 Å². The summed E-state index contributed by atoms with van der Waals surface area (Å²) in [4.78, 5) is 26.5. The number of hydrazone groups is 1. The highest BCUT2D eigenvalue weighted by molar-refractivity contribution is 7.11. The highest BCUT2D eigenvalue weighted by Crippen LogP contribution is 2.27. The van der Waals surface area contributed by atoms with Gasteiger partial charge in [-0.1, -0.05) is 36.4 Å². The van der Waals surface area contributed by atoms with Crippen molar-refractivity contribution < 1.29 is 9.59 Å². The van der Waals surface area contributed by atoms with Crippen LogP contribution in [0.25, 0.3) is 0 Å². The van der Waals surface area contributed by atoms with E-state index in [1.807, 2.05) is 47.8 Å². The molecule has 1 aromatic heterocycles. The third-order valence-corrected chi connectivity index (χ3v) is 4.55. The molecule has 0 saturated carbocycles. The largest absolute Gasteiger partial charge is 0.333 e. The molecule has 1 atom stereocenters. The molecule has 2 amide bonds. The third-order valence-electron chi connectivity index (χ3n) is 3.74. The molecule has 1 fully saturated rings. The van der Waals surface area contributed by atoms with E-state index in [0.29, 0.717) is 13.0 Å². The Labute approximate surface area is 138 Å². The fourth-order valence-electron chi connectivity index (χ4n) is 2.61. The molecule has 118 valence electrons. The Balaban J connectivity index is 1.52. The van der Waals surface area contributed by atoms with Gasteiger partial charge in [-0.3, -0.25) is 9.59 Å². The van der Waals surface area contributed by atoms with Gasteiger partial charge in [0.15, 0.2) is 0 Å². The molecule has 0 unspecified atom stereocenters. The summed E-state index contributed by atoms with van der Waals surface area (Å²) in [6.45, 7) is 0.620. The zero-order valence-corrected chi connectivity index (χ0v) is 13.3. The molecule has 1 saturated heterocycles. The summed E-state index contributed by atoms with van der Waals surface area (Å²) in [5.74, 6) is -0.109. The number of thiophene rings is 1. The highest BCUT2D eigenvalue weighted by Gasteiger charge is 2.31. The average Bonchev–Trinajstić information content (AvgIpc) is 3.19. The molecule has 5 nitrogen and oxygen atoms in total.